The van der Waals surface area contributed by atoms with Gasteiger partial charge in [0.2, 0.25) is 0 Å². The zero-order valence-corrected chi connectivity index (χ0v) is 15.3. The number of carbonyl (C=O) groups excluding carboxylic acids is 1. The van der Waals surface area contributed by atoms with E-state index >= 15 is 0 Å². The normalized spacial score (nSPS) is 24.8. The lowest BCUT2D eigenvalue weighted by atomic mass is 9.90. The Kier molecular flexibility index (Phi) is 5.13. The van der Waals surface area contributed by atoms with E-state index in [1.54, 1.807) is 24.7 Å². The van der Waals surface area contributed by atoms with Crippen LogP contribution in [0, 0.1) is 0 Å². The molecule has 2 atom stereocenters. The van der Waals surface area contributed by atoms with Gasteiger partial charge in [-0.25, -0.2) is 4.68 Å². The molecule has 0 unspecified atom stereocenters. The lowest BCUT2D eigenvalue weighted by molar-refractivity contribution is -0.119. The number of amides is 1. The molecule has 0 radical (unpaired) electrons. The van der Waals surface area contributed by atoms with Crippen molar-refractivity contribution in [3.63, 3.8) is 0 Å². The molecule has 0 bridgehead atoms. The molecule has 0 spiro atoms. The van der Waals surface area contributed by atoms with Crippen LogP contribution in [0.3, 0.4) is 0 Å². The molecule has 1 aliphatic heterocycles. The molecule has 1 amide bonds. The van der Waals surface area contributed by atoms with Crippen molar-refractivity contribution in [3.05, 3.63) is 23.2 Å². The Morgan fingerprint density at radius 2 is 2.12 bits per heavy atom. The Balaban J connectivity index is 1.75. The van der Waals surface area contributed by atoms with Gasteiger partial charge in [0.15, 0.2) is 0 Å². The minimum Gasteiger partial charge on any atom is -0.498 e. The Morgan fingerprint density at radius 1 is 1.36 bits per heavy atom. The van der Waals surface area contributed by atoms with E-state index in [1.807, 2.05) is 6.92 Å². The highest BCUT2D eigenvalue weighted by Gasteiger charge is 2.31. The highest BCUT2D eigenvalue weighted by Crippen LogP contribution is 2.30. The predicted molar refractivity (Wildman–Crippen MR) is 92.6 cm³/mol. The molecule has 25 heavy (non-hydrogen) atoms. The lowest BCUT2D eigenvalue weighted by Gasteiger charge is -2.32. The maximum Gasteiger partial charge on any atom is 0.250 e. The predicted octanol–water partition coefficient (Wildman–Crippen LogP) is 2.19. The smallest absolute Gasteiger partial charge is 0.250 e. The summed E-state index contributed by atoms with van der Waals surface area (Å²) in [4.78, 5) is 12.7. The summed E-state index contributed by atoms with van der Waals surface area (Å²) in [6.45, 7) is 5.94. The Labute approximate surface area is 148 Å². The van der Waals surface area contributed by atoms with Crippen LogP contribution in [0.25, 0.3) is 0 Å². The monoisotopic (exact) mass is 348 g/mol. The summed E-state index contributed by atoms with van der Waals surface area (Å²) in [5, 5.41) is 21.6. The molecule has 138 valence electrons. The van der Waals surface area contributed by atoms with Crippen LogP contribution in [0.4, 0.5) is 0 Å². The molecule has 1 fully saturated rings. The summed E-state index contributed by atoms with van der Waals surface area (Å²) >= 11 is 0. The molecular weight excluding hydrogens is 320 g/mol. The van der Waals surface area contributed by atoms with E-state index in [0.29, 0.717) is 12.3 Å². The van der Waals surface area contributed by atoms with Crippen LogP contribution in [0.5, 0.6) is 0 Å². The quantitative estimate of drug-likeness (QED) is 0.871. The fourth-order valence-corrected chi connectivity index (χ4v) is 3.58. The van der Waals surface area contributed by atoms with Gasteiger partial charge in [-0.1, -0.05) is 18.1 Å². The van der Waals surface area contributed by atoms with Crippen molar-refractivity contribution in [1.82, 2.24) is 20.3 Å². The Bertz CT molecular complexity index is 660. The van der Waals surface area contributed by atoms with Crippen molar-refractivity contribution in [1.29, 1.82) is 0 Å². The van der Waals surface area contributed by atoms with Crippen molar-refractivity contribution in [3.8, 4) is 0 Å². The van der Waals surface area contributed by atoms with E-state index < -0.39 is 5.60 Å². The van der Waals surface area contributed by atoms with Gasteiger partial charge in [-0.2, -0.15) is 0 Å². The third-order valence-electron chi connectivity index (χ3n) is 5.11. The molecular formula is C18H28N4O3. The molecule has 0 saturated heterocycles. The maximum atomic E-state index is 12.7. The largest absolute Gasteiger partial charge is 0.498 e. The van der Waals surface area contributed by atoms with Gasteiger partial charge >= 0.3 is 0 Å². The Hall–Kier alpha value is -1.89. The number of ether oxygens (including phenoxy) is 1. The topological polar surface area (TPSA) is 89.3 Å². The van der Waals surface area contributed by atoms with Crippen molar-refractivity contribution >= 4 is 5.91 Å². The molecule has 1 saturated carbocycles. The van der Waals surface area contributed by atoms with E-state index in [1.165, 1.54) is 0 Å². The van der Waals surface area contributed by atoms with E-state index in [-0.39, 0.29) is 18.0 Å². The molecule has 7 heteroatoms. The fraction of sp³-hybridized carbons (Fsp3) is 0.722. The summed E-state index contributed by atoms with van der Waals surface area (Å²) in [6.07, 6.45) is 7.48. The molecule has 7 nitrogen and oxygen atoms in total. The first-order chi connectivity index (χ1) is 11.9. The second-order valence-electron chi connectivity index (χ2n) is 7.56. The van der Waals surface area contributed by atoms with Gasteiger partial charge in [0.05, 0.1) is 30.5 Å². The summed E-state index contributed by atoms with van der Waals surface area (Å²) in [5.41, 5.74) is 0.279. The number of aromatic nitrogens is 3. The number of aliphatic hydroxyl groups is 1. The fourth-order valence-electron chi connectivity index (χ4n) is 3.58. The minimum absolute atomic E-state index is 0.0137. The highest BCUT2D eigenvalue weighted by atomic mass is 16.5. The van der Waals surface area contributed by atoms with Crippen LogP contribution in [0.2, 0.25) is 0 Å². The molecule has 1 aliphatic carbocycles. The van der Waals surface area contributed by atoms with Gasteiger partial charge in [-0.15, -0.1) is 5.10 Å². The van der Waals surface area contributed by atoms with Gasteiger partial charge in [-0.3, -0.25) is 4.79 Å². The third-order valence-corrected chi connectivity index (χ3v) is 5.11. The van der Waals surface area contributed by atoms with E-state index in [9.17, 15) is 9.90 Å². The molecule has 0 aromatic carbocycles. The van der Waals surface area contributed by atoms with Crippen LogP contribution >= 0.6 is 0 Å². The van der Waals surface area contributed by atoms with Crippen molar-refractivity contribution in [2.24, 2.45) is 0 Å². The number of nitrogens with one attached hydrogen (secondary N) is 1. The summed E-state index contributed by atoms with van der Waals surface area (Å²) in [5.74, 6) is 0.707. The molecule has 2 N–H and O–H groups in total. The van der Waals surface area contributed by atoms with Crippen LogP contribution in [0.1, 0.15) is 71.0 Å². The average molecular weight is 348 g/mol. The summed E-state index contributed by atoms with van der Waals surface area (Å²) < 4.78 is 7.32. The van der Waals surface area contributed by atoms with E-state index in [4.69, 9.17) is 4.74 Å². The first-order valence-corrected chi connectivity index (χ1v) is 9.14. The van der Waals surface area contributed by atoms with Gasteiger partial charge in [-0.05, 0) is 46.5 Å². The van der Waals surface area contributed by atoms with Gasteiger partial charge in [0.25, 0.3) is 5.91 Å². The zero-order chi connectivity index (χ0) is 18.0. The Morgan fingerprint density at radius 3 is 2.80 bits per heavy atom. The van der Waals surface area contributed by atoms with E-state index in [0.717, 1.165) is 49.9 Å². The summed E-state index contributed by atoms with van der Waals surface area (Å²) in [6, 6.07) is 0.0755. The number of hydrogen-bond acceptors (Lipinski definition) is 5. The van der Waals surface area contributed by atoms with Crippen molar-refractivity contribution in [2.75, 3.05) is 6.61 Å². The molecule has 1 aromatic rings. The highest BCUT2D eigenvalue weighted by molar-refractivity contribution is 5.94. The first-order valence-electron chi connectivity index (χ1n) is 9.14. The zero-order valence-electron chi connectivity index (χ0n) is 15.3. The number of hydrogen-bond donors (Lipinski definition) is 2. The molecule has 2 heterocycles. The minimum atomic E-state index is -1.02. The van der Waals surface area contributed by atoms with Crippen LogP contribution in [0.15, 0.2) is 17.5 Å². The SMILES string of the molecule is CC1=C(C(=O)N[C@H]2CCCC[C@H]2n2cc(C(C)(C)O)nn2)CCCO1. The van der Waals surface area contributed by atoms with Crippen molar-refractivity contribution in [2.45, 2.75) is 77.0 Å². The second kappa shape index (κ2) is 7.15. The van der Waals surface area contributed by atoms with Crippen LogP contribution in [-0.4, -0.2) is 38.7 Å². The lowest BCUT2D eigenvalue weighted by Crippen LogP contribution is -2.44. The number of rotatable bonds is 4. The third kappa shape index (κ3) is 4.03. The summed E-state index contributed by atoms with van der Waals surface area (Å²) in [7, 11) is 0. The molecule has 3 rings (SSSR count). The van der Waals surface area contributed by atoms with Crippen LogP contribution in [-0.2, 0) is 15.1 Å². The number of nitrogens with zero attached hydrogens (tertiary/aromatic N) is 3. The second-order valence-corrected chi connectivity index (χ2v) is 7.56. The van der Waals surface area contributed by atoms with Gasteiger partial charge < -0.3 is 15.2 Å². The number of allylic oxidation sites excluding steroid dienone is 1. The average Bonchev–Trinajstić information content (AvgIpc) is 3.06. The van der Waals surface area contributed by atoms with Crippen LogP contribution < -0.4 is 5.32 Å². The number of carbonyl (C=O) groups is 1. The molecule has 1 aromatic heterocycles. The maximum absolute atomic E-state index is 12.7. The van der Waals surface area contributed by atoms with E-state index in [2.05, 4.69) is 15.6 Å². The van der Waals surface area contributed by atoms with Gasteiger partial charge in [0.1, 0.15) is 17.1 Å². The van der Waals surface area contributed by atoms with Crippen molar-refractivity contribution < 1.29 is 14.6 Å². The first kappa shape index (κ1) is 17.9. The standard InChI is InChI=1S/C18H28N4O3/c1-12-13(7-6-10-25-12)17(23)19-14-8-4-5-9-15(14)22-11-16(20-21-22)18(2,3)24/h11,14-15,24H,4-10H2,1-3H3,(H,19,23)/t14-,15+/m0/s1. The van der Waals surface area contributed by atoms with Gasteiger partial charge in [0, 0.05) is 0 Å². The molecule has 2 aliphatic rings.